The first kappa shape index (κ1) is 24.0. The topological polar surface area (TPSA) is 46.5 Å². The Hall–Kier alpha value is -2.29. The summed E-state index contributed by atoms with van der Waals surface area (Å²) in [4.78, 5) is 13.1. The molecule has 164 valence electrons. The van der Waals surface area contributed by atoms with Gasteiger partial charge in [-0.25, -0.2) is 4.79 Å². The van der Waals surface area contributed by atoms with Crippen LogP contribution in [0, 0.1) is 0 Å². The number of ether oxygens (including phenoxy) is 1. The number of unbranched alkanes of at least 4 members (excludes halogenated alkanes) is 1. The summed E-state index contributed by atoms with van der Waals surface area (Å²) in [5, 5.41) is 9.87. The van der Waals surface area contributed by atoms with Gasteiger partial charge in [0.25, 0.3) is 0 Å². The highest BCUT2D eigenvalue weighted by Crippen LogP contribution is 2.39. The number of benzene rings is 2. The molecule has 30 heavy (non-hydrogen) atoms. The quantitative estimate of drug-likeness (QED) is 0.348. The third kappa shape index (κ3) is 5.44. The zero-order valence-electron chi connectivity index (χ0n) is 19.8. The van der Waals surface area contributed by atoms with Gasteiger partial charge < -0.3 is 9.84 Å². The third-order valence-corrected chi connectivity index (χ3v) is 6.57. The van der Waals surface area contributed by atoms with Crippen LogP contribution >= 0.6 is 0 Å². The number of hydrogen-bond donors (Lipinski definition) is 1. The molecule has 0 aliphatic rings. The summed E-state index contributed by atoms with van der Waals surface area (Å²) >= 11 is 0. The van der Waals surface area contributed by atoms with E-state index >= 15 is 0 Å². The number of aromatic hydroxyl groups is 1. The third-order valence-electron chi connectivity index (χ3n) is 6.57. The lowest BCUT2D eigenvalue weighted by Crippen LogP contribution is -2.22. The molecule has 0 radical (unpaired) electrons. The largest absolute Gasteiger partial charge is 0.508 e. The van der Waals surface area contributed by atoms with Gasteiger partial charge in [0, 0.05) is 5.56 Å². The van der Waals surface area contributed by atoms with Crippen molar-refractivity contribution >= 4 is 5.97 Å². The Morgan fingerprint density at radius 2 is 1.60 bits per heavy atom. The average Bonchev–Trinajstić information content (AvgIpc) is 2.72. The molecule has 0 saturated carbocycles. The minimum atomic E-state index is -0.364. The molecule has 2 aromatic rings. The fourth-order valence-corrected chi connectivity index (χ4v) is 3.47. The number of esters is 1. The molecule has 0 fully saturated rings. The van der Waals surface area contributed by atoms with E-state index in [1.165, 1.54) is 5.56 Å². The molecule has 0 aliphatic carbocycles. The summed E-state index contributed by atoms with van der Waals surface area (Å²) in [6, 6.07) is 11.1. The van der Waals surface area contributed by atoms with Crippen molar-refractivity contribution in [1.29, 1.82) is 0 Å². The molecule has 0 spiro atoms. The molecule has 0 unspecified atom stereocenters. The molecule has 3 nitrogen and oxygen atoms in total. The lowest BCUT2D eigenvalue weighted by atomic mass is 9.76. The van der Waals surface area contributed by atoms with Gasteiger partial charge in [-0.3, -0.25) is 0 Å². The van der Waals surface area contributed by atoms with Crippen LogP contribution in [0.3, 0.4) is 0 Å². The first-order valence-corrected chi connectivity index (χ1v) is 11.2. The van der Waals surface area contributed by atoms with E-state index in [1.54, 1.807) is 18.2 Å². The molecule has 0 atom stereocenters. The maximum Gasteiger partial charge on any atom is 0.343 e. The van der Waals surface area contributed by atoms with Crippen LogP contribution in [0.25, 0.3) is 0 Å². The Balaban J connectivity index is 2.46. The van der Waals surface area contributed by atoms with Gasteiger partial charge in [0.2, 0.25) is 0 Å². The van der Waals surface area contributed by atoms with Gasteiger partial charge in [-0.1, -0.05) is 67.0 Å². The summed E-state index contributed by atoms with van der Waals surface area (Å²) in [6.07, 6.45) is 4.69. The average molecular weight is 411 g/mol. The Morgan fingerprint density at radius 1 is 0.933 bits per heavy atom. The number of rotatable bonds is 9. The van der Waals surface area contributed by atoms with Gasteiger partial charge in [-0.05, 0) is 71.9 Å². The van der Waals surface area contributed by atoms with Crippen molar-refractivity contribution in [3.63, 3.8) is 0 Å². The first-order valence-electron chi connectivity index (χ1n) is 11.2. The van der Waals surface area contributed by atoms with Gasteiger partial charge in [-0.2, -0.15) is 0 Å². The Kier molecular flexibility index (Phi) is 7.74. The second-order valence-electron chi connectivity index (χ2n) is 9.52. The smallest absolute Gasteiger partial charge is 0.343 e. The molecular formula is C27H38O3. The van der Waals surface area contributed by atoms with E-state index in [2.05, 4.69) is 60.6 Å². The SMILES string of the molecule is CCCCc1cc(O)ccc1C(=O)Oc1ccc(C(C)(C)CC)cc1C(C)(C)CC. The molecule has 0 aromatic heterocycles. The van der Waals surface area contributed by atoms with Crippen LogP contribution in [-0.4, -0.2) is 11.1 Å². The molecule has 0 bridgehead atoms. The Labute approximate surface area is 182 Å². The second-order valence-corrected chi connectivity index (χ2v) is 9.52. The summed E-state index contributed by atoms with van der Waals surface area (Å²) in [5.74, 6) is 0.436. The molecule has 1 N–H and O–H groups in total. The number of phenols is 1. The Bertz CT molecular complexity index is 878. The van der Waals surface area contributed by atoms with Gasteiger partial charge in [0.05, 0.1) is 5.56 Å². The van der Waals surface area contributed by atoms with E-state index in [0.717, 1.165) is 43.2 Å². The fourth-order valence-electron chi connectivity index (χ4n) is 3.47. The zero-order chi connectivity index (χ0) is 22.5. The summed E-state index contributed by atoms with van der Waals surface area (Å²) in [7, 11) is 0. The molecule has 3 heteroatoms. The van der Waals surface area contributed by atoms with Crippen molar-refractivity contribution < 1.29 is 14.6 Å². The van der Waals surface area contributed by atoms with Gasteiger partial charge in [0.1, 0.15) is 11.5 Å². The molecule has 2 rings (SSSR count). The van der Waals surface area contributed by atoms with Crippen molar-refractivity contribution in [2.45, 2.75) is 91.4 Å². The number of aryl methyl sites for hydroxylation is 1. The van der Waals surface area contributed by atoms with Crippen LogP contribution in [0.1, 0.15) is 101 Å². The normalized spacial score (nSPS) is 12.1. The minimum Gasteiger partial charge on any atom is -0.508 e. The standard InChI is InChI=1S/C27H38O3/c1-8-11-12-19-17-21(28)14-15-22(19)25(29)30-24-16-13-20(26(4,5)9-2)18-23(24)27(6,7)10-3/h13-18,28H,8-12H2,1-7H3. The van der Waals surface area contributed by atoms with Crippen molar-refractivity contribution in [2.75, 3.05) is 0 Å². The zero-order valence-corrected chi connectivity index (χ0v) is 19.8. The highest BCUT2D eigenvalue weighted by atomic mass is 16.5. The molecule has 0 aliphatic heterocycles. The highest BCUT2D eigenvalue weighted by molar-refractivity contribution is 5.93. The fraction of sp³-hybridized carbons (Fsp3) is 0.519. The molecule has 0 heterocycles. The molecular weight excluding hydrogens is 372 g/mol. The highest BCUT2D eigenvalue weighted by Gasteiger charge is 2.28. The van der Waals surface area contributed by atoms with Crippen LogP contribution in [0.15, 0.2) is 36.4 Å². The van der Waals surface area contributed by atoms with Crippen molar-refractivity contribution in [2.24, 2.45) is 0 Å². The summed E-state index contributed by atoms with van der Waals surface area (Å²) < 4.78 is 5.96. The number of carbonyl (C=O) groups excluding carboxylic acids is 1. The van der Waals surface area contributed by atoms with Crippen LogP contribution in [0.4, 0.5) is 0 Å². The first-order chi connectivity index (χ1) is 14.1. The Morgan fingerprint density at radius 3 is 2.20 bits per heavy atom. The van der Waals surface area contributed by atoms with Crippen molar-refractivity contribution in [3.05, 3.63) is 58.7 Å². The lowest BCUT2D eigenvalue weighted by molar-refractivity contribution is 0.0730. The summed E-state index contributed by atoms with van der Waals surface area (Å²) in [6.45, 7) is 15.3. The van der Waals surface area contributed by atoms with E-state index in [9.17, 15) is 9.90 Å². The van der Waals surface area contributed by atoms with Crippen LogP contribution in [0.5, 0.6) is 11.5 Å². The van der Waals surface area contributed by atoms with Crippen molar-refractivity contribution in [1.82, 2.24) is 0 Å². The van der Waals surface area contributed by atoms with Crippen LogP contribution < -0.4 is 4.74 Å². The predicted octanol–water partition coefficient (Wildman–Crippen LogP) is 7.33. The molecule has 0 saturated heterocycles. The van der Waals surface area contributed by atoms with Gasteiger partial charge >= 0.3 is 5.97 Å². The number of hydrogen-bond acceptors (Lipinski definition) is 3. The monoisotopic (exact) mass is 410 g/mol. The second kappa shape index (κ2) is 9.68. The summed E-state index contributed by atoms with van der Waals surface area (Å²) in [5.41, 5.74) is 3.63. The molecule has 2 aromatic carbocycles. The number of phenolic OH excluding ortho intramolecular Hbond substituents is 1. The lowest BCUT2D eigenvalue weighted by Gasteiger charge is -2.30. The predicted molar refractivity (Wildman–Crippen MR) is 125 cm³/mol. The van der Waals surface area contributed by atoms with E-state index in [-0.39, 0.29) is 22.5 Å². The maximum absolute atomic E-state index is 13.1. The molecule has 0 amide bonds. The van der Waals surface area contributed by atoms with Crippen LogP contribution in [-0.2, 0) is 17.3 Å². The minimum absolute atomic E-state index is 0.0609. The van der Waals surface area contributed by atoms with E-state index in [4.69, 9.17) is 4.74 Å². The van der Waals surface area contributed by atoms with E-state index < -0.39 is 0 Å². The van der Waals surface area contributed by atoms with E-state index in [1.807, 2.05) is 6.07 Å². The maximum atomic E-state index is 13.1. The number of carbonyl (C=O) groups is 1. The van der Waals surface area contributed by atoms with E-state index in [0.29, 0.717) is 11.3 Å². The van der Waals surface area contributed by atoms with Crippen LogP contribution in [0.2, 0.25) is 0 Å². The van der Waals surface area contributed by atoms with Gasteiger partial charge in [0.15, 0.2) is 0 Å². The van der Waals surface area contributed by atoms with Gasteiger partial charge in [-0.15, -0.1) is 0 Å². The van der Waals surface area contributed by atoms with Crippen molar-refractivity contribution in [3.8, 4) is 11.5 Å².